The van der Waals surface area contributed by atoms with Gasteiger partial charge in [-0.3, -0.25) is 15.6 Å². The summed E-state index contributed by atoms with van der Waals surface area (Å²) in [6, 6.07) is 7.55. The molecule has 0 aliphatic carbocycles. The van der Waals surface area contributed by atoms with E-state index in [2.05, 4.69) is 23.1 Å². The zero-order chi connectivity index (χ0) is 15.5. The molecule has 0 radical (unpaired) electrons. The van der Waals surface area contributed by atoms with Crippen molar-refractivity contribution in [3.05, 3.63) is 29.8 Å². The van der Waals surface area contributed by atoms with Crippen LogP contribution in [-0.2, 0) is 4.79 Å². The molecule has 0 atom stereocenters. The van der Waals surface area contributed by atoms with Crippen LogP contribution in [0.4, 0.5) is 0 Å². The van der Waals surface area contributed by atoms with Crippen LogP contribution in [-0.4, -0.2) is 24.2 Å². The van der Waals surface area contributed by atoms with Crippen LogP contribution >= 0.6 is 12.2 Å². The van der Waals surface area contributed by atoms with Gasteiger partial charge in [-0.15, -0.1) is 0 Å². The quantitative estimate of drug-likeness (QED) is 0.409. The number of unbranched alkanes of at least 4 members (excludes halogenated alkanes) is 2. The molecular weight excluding hydrogens is 286 g/mol. The zero-order valence-corrected chi connectivity index (χ0v) is 13.4. The normalized spacial score (nSPS) is 9.81. The third kappa shape index (κ3) is 7.51. The lowest BCUT2D eigenvalue weighted by molar-refractivity contribution is -0.123. The van der Waals surface area contributed by atoms with E-state index in [-0.39, 0.29) is 12.5 Å². The lowest BCUT2D eigenvalue weighted by Crippen LogP contribution is -2.48. The number of ether oxygens (including phenoxy) is 1. The van der Waals surface area contributed by atoms with Crippen molar-refractivity contribution in [3.63, 3.8) is 0 Å². The monoisotopic (exact) mass is 309 g/mol. The molecule has 1 rings (SSSR count). The Morgan fingerprint density at radius 3 is 2.71 bits per heavy atom. The van der Waals surface area contributed by atoms with E-state index in [4.69, 9.17) is 17.0 Å². The molecule has 21 heavy (non-hydrogen) atoms. The predicted octanol–water partition coefficient (Wildman–Crippen LogP) is 2.06. The van der Waals surface area contributed by atoms with Gasteiger partial charge in [0.05, 0.1) is 0 Å². The third-order valence-electron chi connectivity index (χ3n) is 2.83. The van der Waals surface area contributed by atoms with Crippen molar-refractivity contribution < 1.29 is 9.53 Å². The second-order valence-corrected chi connectivity index (χ2v) is 5.10. The Balaban J connectivity index is 2.16. The molecule has 0 heterocycles. The summed E-state index contributed by atoms with van der Waals surface area (Å²) in [4.78, 5) is 11.6. The molecule has 0 aromatic heterocycles. The van der Waals surface area contributed by atoms with Crippen LogP contribution in [0.2, 0.25) is 0 Å². The van der Waals surface area contributed by atoms with E-state index < -0.39 is 0 Å². The molecule has 0 saturated carbocycles. The Bertz CT molecular complexity index is 466. The van der Waals surface area contributed by atoms with Gasteiger partial charge in [-0.1, -0.05) is 38.0 Å². The van der Waals surface area contributed by atoms with Gasteiger partial charge in [0.25, 0.3) is 5.91 Å². The fraction of sp³-hybridized carbons (Fsp3) is 0.467. The smallest absolute Gasteiger partial charge is 0.276 e. The Kier molecular flexibility index (Phi) is 8.19. The minimum Gasteiger partial charge on any atom is -0.483 e. The Morgan fingerprint density at radius 1 is 1.24 bits per heavy atom. The highest BCUT2D eigenvalue weighted by Crippen LogP contribution is 2.15. The summed E-state index contributed by atoms with van der Waals surface area (Å²) in [6.45, 7) is 4.82. The summed E-state index contributed by atoms with van der Waals surface area (Å²) in [5, 5.41) is 3.43. The van der Waals surface area contributed by atoms with Crippen molar-refractivity contribution in [1.82, 2.24) is 16.2 Å². The lowest BCUT2D eigenvalue weighted by atomic mass is 10.2. The molecule has 0 saturated heterocycles. The maximum absolute atomic E-state index is 11.6. The second kappa shape index (κ2) is 9.99. The molecule has 5 nitrogen and oxygen atoms in total. The predicted molar refractivity (Wildman–Crippen MR) is 88.1 cm³/mol. The molecule has 6 heteroatoms. The number of para-hydroxylation sites is 1. The van der Waals surface area contributed by atoms with Gasteiger partial charge < -0.3 is 10.1 Å². The largest absolute Gasteiger partial charge is 0.483 e. The van der Waals surface area contributed by atoms with Gasteiger partial charge in [-0.25, -0.2) is 0 Å². The number of hydrogen-bond donors (Lipinski definition) is 3. The van der Waals surface area contributed by atoms with E-state index in [9.17, 15) is 4.79 Å². The highest BCUT2D eigenvalue weighted by molar-refractivity contribution is 7.80. The van der Waals surface area contributed by atoms with Gasteiger partial charge in [-0.05, 0) is 37.2 Å². The number of hydrazine groups is 1. The Labute approximate surface area is 131 Å². The van der Waals surface area contributed by atoms with Crippen molar-refractivity contribution in [1.29, 1.82) is 0 Å². The summed E-state index contributed by atoms with van der Waals surface area (Å²) in [5.74, 6) is 0.420. The Morgan fingerprint density at radius 2 is 2.00 bits per heavy atom. The molecule has 0 fully saturated rings. The molecule has 1 amide bonds. The van der Waals surface area contributed by atoms with Crippen LogP contribution in [0.3, 0.4) is 0 Å². The Hall–Kier alpha value is -1.82. The number of thiocarbonyl (C=S) groups is 1. The van der Waals surface area contributed by atoms with Gasteiger partial charge in [-0.2, -0.15) is 0 Å². The highest BCUT2D eigenvalue weighted by Gasteiger charge is 2.04. The number of benzene rings is 1. The average molecular weight is 309 g/mol. The van der Waals surface area contributed by atoms with Gasteiger partial charge in [0, 0.05) is 6.54 Å². The number of aryl methyl sites for hydroxylation is 1. The SMILES string of the molecule is CCCCCNC(=S)NNC(=O)COc1ccccc1C. The number of rotatable bonds is 7. The van der Waals surface area contributed by atoms with Crippen molar-refractivity contribution >= 4 is 23.2 Å². The van der Waals surface area contributed by atoms with Crippen LogP contribution in [0, 0.1) is 6.92 Å². The average Bonchev–Trinajstić information content (AvgIpc) is 2.48. The van der Waals surface area contributed by atoms with E-state index in [0.717, 1.165) is 31.4 Å². The van der Waals surface area contributed by atoms with Crippen molar-refractivity contribution in [2.75, 3.05) is 13.2 Å². The number of carbonyl (C=O) groups is 1. The van der Waals surface area contributed by atoms with Crippen LogP contribution in [0.25, 0.3) is 0 Å². The molecule has 0 aliphatic rings. The van der Waals surface area contributed by atoms with Crippen molar-refractivity contribution in [2.45, 2.75) is 33.1 Å². The maximum Gasteiger partial charge on any atom is 0.276 e. The molecule has 3 N–H and O–H groups in total. The summed E-state index contributed by atoms with van der Waals surface area (Å²) in [6.07, 6.45) is 3.38. The van der Waals surface area contributed by atoms with Gasteiger partial charge in [0.2, 0.25) is 0 Å². The third-order valence-corrected chi connectivity index (χ3v) is 3.08. The van der Waals surface area contributed by atoms with Gasteiger partial charge in [0.1, 0.15) is 5.75 Å². The van der Waals surface area contributed by atoms with E-state index in [1.807, 2.05) is 31.2 Å². The zero-order valence-electron chi connectivity index (χ0n) is 12.6. The first-order valence-electron chi connectivity index (χ1n) is 7.14. The van der Waals surface area contributed by atoms with Crippen molar-refractivity contribution in [2.24, 2.45) is 0 Å². The van der Waals surface area contributed by atoms with E-state index in [1.165, 1.54) is 0 Å². The summed E-state index contributed by atoms with van der Waals surface area (Å²) in [5.41, 5.74) is 6.14. The molecule has 1 aromatic rings. The first-order valence-corrected chi connectivity index (χ1v) is 7.55. The summed E-state index contributed by atoms with van der Waals surface area (Å²) >= 11 is 5.04. The molecular formula is C15H23N3O2S. The topological polar surface area (TPSA) is 62.4 Å². The van der Waals surface area contributed by atoms with Gasteiger partial charge >= 0.3 is 0 Å². The van der Waals surface area contributed by atoms with Crippen molar-refractivity contribution in [3.8, 4) is 5.75 Å². The van der Waals surface area contributed by atoms with Crippen LogP contribution in [0.1, 0.15) is 31.7 Å². The minimum atomic E-state index is -0.282. The molecule has 0 aliphatic heterocycles. The van der Waals surface area contributed by atoms with E-state index in [0.29, 0.717) is 10.9 Å². The fourth-order valence-corrected chi connectivity index (χ4v) is 1.80. The second-order valence-electron chi connectivity index (χ2n) is 4.69. The summed E-state index contributed by atoms with van der Waals surface area (Å²) < 4.78 is 5.43. The molecule has 0 bridgehead atoms. The maximum atomic E-state index is 11.6. The lowest BCUT2D eigenvalue weighted by Gasteiger charge is -2.12. The molecule has 116 valence electrons. The van der Waals surface area contributed by atoms with E-state index >= 15 is 0 Å². The first-order chi connectivity index (χ1) is 10.1. The van der Waals surface area contributed by atoms with Crippen LogP contribution < -0.4 is 20.9 Å². The summed E-state index contributed by atoms with van der Waals surface area (Å²) in [7, 11) is 0. The van der Waals surface area contributed by atoms with Gasteiger partial charge in [0.15, 0.2) is 11.7 Å². The number of carbonyl (C=O) groups excluding carboxylic acids is 1. The molecule has 0 spiro atoms. The highest BCUT2D eigenvalue weighted by atomic mass is 32.1. The standard InChI is InChI=1S/C15H23N3O2S/c1-3-4-7-10-16-15(21)18-17-14(19)11-20-13-9-6-5-8-12(13)2/h5-6,8-9H,3-4,7,10-11H2,1-2H3,(H,17,19)(H2,16,18,21). The first kappa shape index (κ1) is 17.2. The molecule has 1 aromatic carbocycles. The number of amides is 1. The van der Waals surface area contributed by atoms with Crippen LogP contribution in [0.5, 0.6) is 5.75 Å². The van der Waals surface area contributed by atoms with E-state index in [1.54, 1.807) is 0 Å². The number of hydrogen-bond acceptors (Lipinski definition) is 3. The fourth-order valence-electron chi connectivity index (χ4n) is 1.65. The number of nitrogens with one attached hydrogen (secondary N) is 3. The molecule has 0 unspecified atom stereocenters. The van der Waals surface area contributed by atoms with Crippen LogP contribution in [0.15, 0.2) is 24.3 Å². The minimum absolute atomic E-state index is 0.0592.